The predicted octanol–water partition coefficient (Wildman–Crippen LogP) is 1.81. The fraction of sp³-hybridized carbons (Fsp3) is 0.500. The Kier molecular flexibility index (Phi) is 5.96. The molecule has 0 aliphatic rings. The number of nitrogens with zero attached hydrogens (tertiary/aromatic N) is 1. The van der Waals surface area contributed by atoms with Crippen LogP contribution in [0.3, 0.4) is 0 Å². The Bertz CT molecular complexity index is 544. The fourth-order valence-electron chi connectivity index (χ4n) is 1.47. The van der Waals surface area contributed by atoms with Gasteiger partial charge in [-0.1, -0.05) is 19.4 Å². The first-order chi connectivity index (χ1) is 8.86. The van der Waals surface area contributed by atoms with Crippen LogP contribution in [0.15, 0.2) is 29.2 Å². The topological polar surface area (TPSA) is 66.5 Å². The van der Waals surface area contributed by atoms with Gasteiger partial charge in [0.25, 0.3) is 0 Å². The Morgan fingerprint density at radius 1 is 1.37 bits per heavy atom. The Morgan fingerprint density at radius 2 is 2.05 bits per heavy atom. The molecular formula is C12H20N2O3S2. The van der Waals surface area contributed by atoms with E-state index in [0.29, 0.717) is 17.1 Å². The Balaban J connectivity index is 2.83. The minimum absolute atomic E-state index is 0.427. The van der Waals surface area contributed by atoms with Crippen molar-refractivity contribution in [1.82, 2.24) is 4.31 Å². The number of benzene rings is 1. The lowest BCUT2D eigenvalue weighted by molar-refractivity contribution is 0.463. The quantitative estimate of drug-likeness (QED) is 0.835. The van der Waals surface area contributed by atoms with Gasteiger partial charge < -0.3 is 0 Å². The monoisotopic (exact) mass is 304 g/mol. The van der Waals surface area contributed by atoms with E-state index in [0.717, 1.165) is 12.8 Å². The molecule has 0 unspecified atom stereocenters. The van der Waals surface area contributed by atoms with Crippen LogP contribution >= 0.6 is 0 Å². The van der Waals surface area contributed by atoms with Crippen molar-refractivity contribution in [2.45, 2.75) is 24.7 Å². The minimum atomic E-state index is -3.54. The van der Waals surface area contributed by atoms with Crippen LogP contribution in [-0.4, -0.2) is 36.8 Å². The van der Waals surface area contributed by atoms with Gasteiger partial charge in [0.2, 0.25) is 0 Å². The van der Waals surface area contributed by atoms with E-state index in [-0.39, 0.29) is 0 Å². The number of nitrogens with one attached hydrogen (secondary N) is 1. The van der Waals surface area contributed by atoms with Crippen LogP contribution in [-0.2, 0) is 21.0 Å². The Labute approximate surface area is 117 Å². The lowest BCUT2D eigenvalue weighted by Gasteiger charge is -2.18. The van der Waals surface area contributed by atoms with E-state index in [4.69, 9.17) is 0 Å². The van der Waals surface area contributed by atoms with E-state index >= 15 is 0 Å². The van der Waals surface area contributed by atoms with Gasteiger partial charge in [0, 0.05) is 35.5 Å². The molecule has 0 saturated carbocycles. The normalized spacial score (nSPS) is 13.5. The molecule has 0 heterocycles. The van der Waals surface area contributed by atoms with E-state index in [2.05, 4.69) is 4.72 Å². The third-order valence-electron chi connectivity index (χ3n) is 2.65. The second-order valence-electron chi connectivity index (χ2n) is 4.26. The molecule has 0 radical (unpaired) electrons. The highest BCUT2D eigenvalue weighted by molar-refractivity contribution is 7.90. The molecule has 1 rings (SSSR count). The molecule has 0 bridgehead atoms. The third kappa shape index (κ3) is 4.93. The second kappa shape index (κ2) is 7.02. The number of hydrogen-bond acceptors (Lipinski definition) is 3. The summed E-state index contributed by atoms with van der Waals surface area (Å²) in [6.07, 6.45) is 3.31. The van der Waals surface area contributed by atoms with Crippen molar-refractivity contribution >= 4 is 26.7 Å². The van der Waals surface area contributed by atoms with E-state index in [1.165, 1.54) is 4.31 Å². The number of unbranched alkanes of at least 4 members (excludes halogenated alkanes) is 1. The highest BCUT2D eigenvalue weighted by Crippen LogP contribution is 2.15. The van der Waals surface area contributed by atoms with Crippen LogP contribution in [0.25, 0.3) is 0 Å². The van der Waals surface area contributed by atoms with Crippen molar-refractivity contribution in [3.8, 4) is 0 Å². The number of hydrogen-bond donors (Lipinski definition) is 1. The summed E-state index contributed by atoms with van der Waals surface area (Å²) in [5.41, 5.74) is 0.427. The molecule has 1 N–H and O–H groups in total. The van der Waals surface area contributed by atoms with Crippen LogP contribution in [0.4, 0.5) is 5.69 Å². The Morgan fingerprint density at radius 3 is 2.63 bits per heavy atom. The van der Waals surface area contributed by atoms with Crippen LogP contribution < -0.4 is 4.72 Å². The molecule has 0 spiro atoms. The second-order valence-corrected chi connectivity index (χ2v) is 7.42. The summed E-state index contributed by atoms with van der Waals surface area (Å²) in [4.78, 5) is 0.594. The summed E-state index contributed by atoms with van der Waals surface area (Å²) in [6.45, 7) is 2.49. The summed E-state index contributed by atoms with van der Waals surface area (Å²) in [5, 5.41) is 0. The highest BCUT2D eigenvalue weighted by atomic mass is 32.2. The van der Waals surface area contributed by atoms with Gasteiger partial charge in [0.05, 0.1) is 5.69 Å². The first-order valence-corrected chi connectivity index (χ1v) is 9.04. The van der Waals surface area contributed by atoms with Crippen molar-refractivity contribution in [3.05, 3.63) is 24.3 Å². The molecule has 0 amide bonds. The zero-order valence-electron chi connectivity index (χ0n) is 11.4. The predicted molar refractivity (Wildman–Crippen MR) is 78.9 cm³/mol. The van der Waals surface area contributed by atoms with Gasteiger partial charge in [-0.25, -0.2) is 0 Å². The molecule has 1 atom stereocenters. The Hall–Kier alpha value is -0.920. The first-order valence-electron chi connectivity index (χ1n) is 6.04. The van der Waals surface area contributed by atoms with Crippen molar-refractivity contribution in [1.29, 1.82) is 0 Å². The molecule has 0 aliphatic carbocycles. The van der Waals surface area contributed by atoms with Gasteiger partial charge in [0.15, 0.2) is 0 Å². The molecule has 19 heavy (non-hydrogen) atoms. The van der Waals surface area contributed by atoms with E-state index in [1.807, 2.05) is 6.92 Å². The van der Waals surface area contributed by atoms with Gasteiger partial charge in [0.1, 0.15) is 0 Å². The molecule has 1 aromatic rings. The molecule has 0 aromatic heterocycles. The smallest absolute Gasteiger partial charge is 0.271 e. The standard InChI is InChI=1S/C12H20N2O3S2/c1-4-5-9-14(2)19(16,17)13-11-7-6-8-12(10-11)18(3)15/h6-8,10,13H,4-5,9H2,1-3H3/t18-/m0/s1. The fourth-order valence-corrected chi connectivity index (χ4v) is 2.98. The van der Waals surface area contributed by atoms with E-state index in [9.17, 15) is 12.6 Å². The van der Waals surface area contributed by atoms with Gasteiger partial charge >= 0.3 is 10.2 Å². The van der Waals surface area contributed by atoms with Crippen molar-refractivity contribution < 1.29 is 12.6 Å². The average Bonchev–Trinajstić information content (AvgIpc) is 2.35. The molecule has 0 fully saturated rings. The molecule has 7 heteroatoms. The summed E-state index contributed by atoms with van der Waals surface area (Å²) >= 11 is 0. The average molecular weight is 304 g/mol. The maximum Gasteiger partial charge on any atom is 0.301 e. The molecule has 0 saturated heterocycles. The molecule has 0 aliphatic heterocycles. The molecule has 1 aromatic carbocycles. The summed E-state index contributed by atoms with van der Waals surface area (Å²) < 4.78 is 39.2. The zero-order valence-corrected chi connectivity index (χ0v) is 13.1. The number of anilines is 1. The largest absolute Gasteiger partial charge is 0.301 e. The van der Waals surface area contributed by atoms with E-state index < -0.39 is 21.0 Å². The van der Waals surface area contributed by atoms with Gasteiger partial charge in [-0.15, -0.1) is 0 Å². The molecular weight excluding hydrogens is 284 g/mol. The molecule has 108 valence electrons. The lowest BCUT2D eigenvalue weighted by atomic mass is 10.3. The molecule has 5 nitrogen and oxygen atoms in total. The zero-order chi connectivity index (χ0) is 14.5. The summed E-state index contributed by atoms with van der Waals surface area (Å²) in [5.74, 6) is 0. The van der Waals surface area contributed by atoms with E-state index in [1.54, 1.807) is 37.6 Å². The van der Waals surface area contributed by atoms with Crippen LogP contribution in [0.5, 0.6) is 0 Å². The van der Waals surface area contributed by atoms with Crippen LogP contribution in [0, 0.1) is 0 Å². The SMILES string of the molecule is CCCCN(C)S(=O)(=O)Nc1cccc([S@](C)=O)c1. The third-order valence-corrected chi connectivity index (χ3v) is 5.06. The number of rotatable bonds is 7. The maximum absolute atomic E-state index is 12.0. The van der Waals surface area contributed by atoms with Crippen LogP contribution in [0.1, 0.15) is 19.8 Å². The van der Waals surface area contributed by atoms with Gasteiger partial charge in [-0.3, -0.25) is 8.93 Å². The van der Waals surface area contributed by atoms with Crippen LogP contribution in [0.2, 0.25) is 0 Å². The minimum Gasteiger partial charge on any atom is -0.271 e. The van der Waals surface area contributed by atoms with Crippen molar-refractivity contribution in [2.75, 3.05) is 24.6 Å². The lowest BCUT2D eigenvalue weighted by Crippen LogP contribution is -2.33. The van der Waals surface area contributed by atoms with Crippen molar-refractivity contribution in [3.63, 3.8) is 0 Å². The first kappa shape index (κ1) is 16.1. The highest BCUT2D eigenvalue weighted by Gasteiger charge is 2.17. The summed E-state index contributed by atoms with van der Waals surface area (Å²) in [6, 6.07) is 6.61. The maximum atomic E-state index is 12.0. The van der Waals surface area contributed by atoms with Gasteiger partial charge in [-0.05, 0) is 24.6 Å². The van der Waals surface area contributed by atoms with Gasteiger partial charge in [-0.2, -0.15) is 12.7 Å². The summed E-state index contributed by atoms with van der Waals surface area (Å²) in [7, 11) is -3.13. The van der Waals surface area contributed by atoms with Crippen molar-refractivity contribution in [2.24, 2.45) is 0 Å².